The quantitative estimate of drug-likeness (QED) is 0.841. The first-order valence-electron chi connectivity index (χ1n) is 6.69. The van der Waals surface area contributed by atoms with Gasteiger partial charge in [-0.25, -0.2) is 0 Å². The molecule has 0 saturated carbocycles. The number of hydrogen-bond donors (Lipinski definition) is 2. The Hall–Kier alpha value is -0.860. The van der Waals surface area contributed by atoms with Crippen molar-refractivity contribution in [2.24, 2.45) is 0 Å². The zero-order chi connectivity index (χ0) is 12.3. The minimum Gasteiger partial charge on any atom is -0.384 e. The molecule has 1 aliphatic heterocycles. The van der Waals surface area contributed by atoms with E-state index in [4.69, 9.17) is 0 Å². The van der Waals surface area contributed by atoms with Gasteiger partial charge in [0.1, 0.15) is 5.60 Å². The van der Waals surface area contributed by atoms with Crippen LogP contribution in [0, 0.1) is 0 Å². The maximum Gasteiger partial charge on any atom is 0.102 e. The highest BCUT2D eigenvalue weighted by atomic mass is 16.3. The molecule has 0 bridgehead atoms. The van der Waals surface area contributed by atoms with Crippen molar-refractivity contribution < 1.29 is 5.11 Å². The van der Waals surface area contributed by atoms with Gasteiger partial charge in [-0.15, -0.1) is 0 Å². The van der Waals surface area contributed by atoms with Crippen molar-refractivity contribution in [1.82, 2.24) is 5.32 Å². The minimum absolute atomic E-state index is 0.600. The molecule has 2 atom stereocenters. The molecular formula is C15H23NO. The van der Waals surface area contributed by atoms with Crippen LogP contribution in [-0.2, 0) is 5.60 Å². The van der Waals surface area contributed by atoms with Crippen molar-refractivity contribution in [2.75, 3.05) is 13.1 Å². The van der Waals surface area contributed by atoms with Gasteiger partial charge in [-0.3, -0.25) is 0 Å². The second-order valence-electron chi connectivity index (χ2n) is 5.24. The number of benzene rings is 1. The summed E-state index contributed by atoms with van der Waals surface area (Å²) in [6.07, 6.45) is 3.07. The van der Waals surface area contributed by atoms with Crippen LogP contribution >= 0.6 is 0 Å². The number of rotatable bonds is 3. The van der Waals surface area contributed by atoms with Crippen LogP contribution in [0.3, 0.4) is 0 Å². The van der Waals surface area contributed by atoms with Gasteiger partial charge < -0.3 is 10.4 Å². The molecule has 0 amide bonds. The van der Waals surface area contributed by atoms with Gasteiger partial charge in [0.05, 0.1) is 0 Å². The van der Waals surface area contributed by atoms with Crippen LogP contribution in [0.1, 0.15) is 50.2 Å². The molecule has 2 N–H and O–H groups in total. The standard InChI is InChI=1S/C15H23NO/c1-3-12(2)13-5-7-14(8-6-13)15(17)9-4-10-16-11-15/h5-8,12,16-17H,3-4,9-11H2,1-2H3. The molecule has 1 aromatic carbocycles. The number of nitrogens with one attached hydrogen (secondary N) is 1. The molecule has 1 heterocycles. The van der Waals surface area contributed by atoms with E-state index in [-0.39, 0.29) is 0 Å². The van der Waals surface area contributed by atoms with Crippen molar-refractivity contribution in [3.8, 4) is 0 Å². The average molecular weight is 233 g/mol. The van der Waals surface area contributed by atoms with E-state index in [1.807, 2.05) is 0 Å². The monoisotopic (exact) mass is 233 g/mol. The molecule has 94 valence electrons. The third kappa shape index (κ3) is 2.70. The lowest BCUT2D eigenvalue weighted by atomic mass is 9.85. The molecule has 0 spiro atoms. The van der Waals surface area contributed by atoms with Crippen LogP contribution in [0.4, 0.5) is 0 Å². The van der Waals surface area contributed by atoms with Gasteiger partial charge in [-0.1, -0.05) is 38.1 Å². The maximum atomic E-state index is 10.6. The Morgan fingerprint density at radius 3 is 2.59 bits per heavy atom. The minimum atomic E-state index is -0.660. The predicted octanol–water partition coefficient (Wildman–Crippen LogP) is 2.77. The van der Waals surface area contributed by atoms with Crippen molar-refractivity contribution in [2.45, 2.75) is 44.6 Å². The summed E-state index contributed by atoms with van der Waals surface area (Å²) in [4.78, 5) is 0. The Morgan fingerprint density at radius 1 is 1.35 bits per heavy atom. The molecule has 2 unspecified atom stereocenters. The smallest absolute Gasteiger partial charge is 0.102 e. The summed E-state index contributed by atoms with van der Waals surface area (Å²) in [7, 11) is 0. The van der Waals surface area contributed by atoms with Crippen molar-refractivity contribution in [3.63, 3.8) is 0 Å². The fourth-order valence-electron chi connectivity index (χ4n) is 2.49. The molecule has 2 heteroatoms. The number of β-amino-alcohol motifs (C(OH)–C–C–N with tert-alkyl or cyclic N) is 1. The zero-order valence-corrected chi connectivity index (χ0v) is 10.9. The SMILES string of the molecule is CCC(C)c1ccc(C2(O)CCCNC2)cc1. The van der Waals surface area contributed by atoms with Gasteiger partial charge in [0.2, 0.25) is 0 Å². The molecule has 1 fully saturated rings. The summed E-state index contributed by atoms with van der Waals surface area (Å²) >= 11 is 0. The summed E-state index contributed by atoms with van der Waals surface area (Å²) in [5.74, 6) is 0.600. The maximum absolute atomic E-state index is 10.6. The third-order valence-electron chi connectivity index (χ3n) is 3.99. The summed E-state index contributed by atoms with van der Waals surface area (Å²) < 4.78 is 0. The van der Waals surface area contributed by atoms with Gasteiger partial charge in [-0.05, 0) is 42.9 Å². The summed E-state index contributed by atoms with van der Waals surface area (Å²) in [6, 6.07) is 8.51. The zero-order valence-electron chi connectivity index (χ0n) is 10.9. The molecule has 1 saturated heterocycles. The predicted molar refractivity (Wildman–Crippen MR) is 71.1 cm³/mol. The first-order chi connectivity index (χ1) is 8.15. The molecule has 0 aliphatic carbocycles. The molecule has 2 rings (SSSR count). The Morgan fingerprint density at radius 2 is 2.06 bits per heavy atom. The van der Waals surface area contributed by atoms with E-state index in [1.165, 1.54) is 5.56 Å². The van der Waals surface area contributed by atoms with Crippen molar-refractivity contribution in [1.29, 1.82) is 0 Å². The van der Waals surface area contributed by atoms with Crippen molar-refractivity contribution >= 4 is 0 Å². The Balaban J connectivity index is 2.16. The molecule has 1 aliphatic rings. The topological polar surface area (TPSA) is 32.3 Å². The third-order valence-corrected chi connectivity index (χ3v) is 3.99. The Labute approximate surface area is 104 Å². The molecule has 2 nitrogen and oxygen atoms in total. The van der Waals surface area contributed by atoms with E-state index < -0.39 is 5.60 Å². The highest BCUT2D eigenvalue weighted by molar-refractivity contribution is 5.29. The molecule has 1 aromatic rings. The van der Waals surface area contributed by atoms with E-state index >= 15 is 0 Å². The highest BCUT2D eigenvalue weighted by Gasteiger charge is 2.30. The van der Waals surface area contributed by atoms with Gasteiger partial charge >= 0.3 is 0 Å². The Bertz CT molecular complexity index is 352. The number of piperidine rings is 1. The lowest BCUT2D eigenvalue weighted by Gasteiger charge is -2.33. The van der Waals surface area contributed by atoms with E-state index in [2.05, 4.69) is 43.4 Å². The average Bonchev–Trinajstić information content (AvgIpc) is 2.39. The van der Waals surface area contributed by atoms with Crippen LogP contribution in [0.15, 0.2) is 24.3 Å². The van der Waals surface area contributed by atoms with E-state index in [0.29, 0.717) is 12.5 Å². The summed E-state index contributed by atoms with van der Waals surface area (Å²) in [6.45, 7) is 6.14. The number of hydrogen-bond acceptors (Lipinski definition) is 2. The van der Waals surface area contributed by atoms with E-state index in [9.17, 15) is 5.11 Å². The van der Waals surface area contributed by atoms with Gasteiger partial charge in [0.25, 0.3) is 0 Å². The van der Waals surface area contributed by atoms with Gasteiger partial charge in [0, 0.05) is 6.54 Å². The van der Waals surface area contributed by atoms with Crippen molar-refractivity contribution in [3.05, 3.63) is 35.4 Å². The second kappa shape index (κ2) is 5.19. The molecule has 0 aromatic heterocycles. The number of aliphatic hydroxyl groups is 1. The highest BCUT2D eigenvalue weighted by Crippen LogP contribution is 2.29. The van der Waals surface area contributed by atoms with Gasteiger partial charge in [0.15, 0.2) is 0 Å². The van der Waals surface area contributed by atoms with Crippen LogP contribution in [-0.4, -0.2) is 18.2 Å². The van der Waals surface area contributed by atoms with E-state index in [1.54, 1.807) is 0 Å². The lowest BCUT2D eigenvalue weighted by Crippen LogP contribution is -2.43. The van der Waals surface area contributed by atoms with Crippen LogP contribution in [0.2, 0.25) is 0 Å². The lowest BCUT2D eigenvalue weighted by molar-refractivity contribution is 0.0123. The first kappa shape index (κ1) is 12.6. The van der Waals surface area contributed by atoms with Gasteiger partial charge in [-0.2, -0.15) is 0 Å². The van der Waals surface area contributed by atoms with Crippen LogP contribution in [0.25, 0.3) is 0 Å². The molecular weight excluding hydrogens is 210 g/mol. The first-order valence-corrected chi connectivity index (χ1v) is 6.69. The van der Waals surface area contributed by atoms with E-state index in [0.717, 1.165) is 31.4 Å². The fraction of sp³-hybridized carbons (Fsp3) is 0.600. The molecule has 17 heavy (non-hydrogen) atoms. The summed E-state index contributed by atoms with van der Waals surface area (Å²) in [5, 5.41) is 13.8. The Kier molecular flexibility index (Phi) is 3.85. The normalized spacial score (nSPS) is 26.8. The van der Waals surface area contributed by atoms with Crippen LogP contribution < -0.4 is 5.32 Å². The van der Waals surface area contributed by atoms with Crippen LogP contribution in [0.5, 0.6) is 0 Å². The fourth-order valence-corrected chi connectivity index (χ4v) is 2.49. The summed E-state index contributed by atoms with van der Waals surface area (Å²) in [5.41, 5.74) is 1.76. The second-order valence-corrected chi connectivity index (χ2v) is 5.24. The molecule has 0 radical (unpaired) electrons. The largest absolute Gasteiger partial charge is 0.384 e.